The molecule has 2 aromatic carbocycles. The first-order valence-electron chi connectivity index (χ1n) is 8.64. The fraction of sp³-hybridized carbons (Fsp3) is 0.158. The standard InChI is InChI=1S/C19H17Cl2FN4O3S/c1-9(8-27)24-17(23)16-18(28)26-30-19(16)25-11-3-5-14(13(21)7-11)29-15-6-10(22)2-4-12(15)20/h2-7,9,25,27H,8H2,1H3,(H2,23,24)(H,26,28). The monoisotopic (exact) mass is 470 g/mol. The Labute approximate surface area is 185 Å². The minimum absolute atomic E-state index is 0.00773. The lowest BCUT2D eigenvalue weighted by molar-refractivity contribution is 0.274. The molecule has 0 spiro atoms. The molecule has 11 heteroatoms. The molecule has 3 rings (SSSR count). The van der Waals surface area contributed by atoms with E-state index >= 15 is 0 Å². The van der Waals surface area contributed by atoms with Crippen LogP contribution in [0, 0.1) is 5.82 Å². The molecule has 3 aromatic rings. The average Bonchev–Trinajstić information content (AvgIpc) is 3.06. The Hall–Kier alpha value is -2.59. The molecule has 7 nitrogen and oxygen atoms in total. The van der Waals surface area contributed by atoms with E-state index in [1.165, 1.54) is 12.1 Å². The maximum absolute atomic E-state index is 13.4. The van der Waals surface area contributed by atoms with Crippen molar-refractivity contribution >= 4 is 51.3 Å². The van der Waals surface area contributed by atoms with Gasteiger partial charge in [-0.3, -0.25) is 14.2 Å². The molecule has 0 bridgehead atoms. The van der Waals surface area contributed by atoms with Crippen molar-refractivity contribution in [3.05, 3.63) is 68.2 Å². The number of ether oxygens (including phenoxy) is 1. The summed E-state index contributed by atoms with van der Waals surface area (Å²) in [7, 11) is 0. The van der Waals surface area contributed by atoms with Crippen LogP contribution in [0.4, 0.5) is 15.1 Å². The normalized spacial score (nSPS) is 12.6. The largest absolute Gasteiger partial charge is 0.454 e. The highest BCUT2D eigenvalue weighted by atomic mass is 35.5. The Morgan fingerprint density at radius 2 is 2.07 bits per heavy atom. The number of anilines is 2. The maximum Gasteiger partial charge on any atom is 0.271 e. The molecule has 0 fully saturated rings. The second kappa shape index (κ2) is 9.48. The van der Waals surface area contributed by atoms with E-state index in [1.54, 1.807) is 25.1 Å². The summed E-state index contributed by atoms with van der Waals surface area (Å²) in [5.41, 5.74) is 6.25. The van der Waals surface area contributed by atoms with Crippen LogP contribution < -0.4 is 21.3 Å². The van der Waals surface area contributed by atoms with Gasteiger partial charge < -0.3 is 20.9 Å². The SMILES string of the molecule is CC(CO)N=C(N)c1c(Nc2ccc(Oc3cc(F)ccc3Cl)c(Cl)c2)s[nH]c1=O. The van der Waals surface area contributed by atoms with Gasteiger partial charge in [-0.1, -0.05) is 23.2 Å². The molecule has 0 amide bonds. The van der Waals surface area contributed by atoms with Crippen LogP contribution in [0.1, 0.15) is 12.5 Å². The van der Waals surface area contributed by atoms with Gasteiger partial charge in [0.2, 0.25) is 0 Å². The molecule has 0 aliphatic rings. The van der Waals surface area contributed by atoms with Crippen LogP contribution >= 0.6 is 34.7 Å². The van der Waals surface area contributed by atoms with Crippen LogP contribution in [0.2, 0.25) is 10.0 Å². The zero-order valence-electron chi connectivity index (χ0n) is 15.6. The molecule has 1 atom stereocenters. The lowest BCUT2D eigenvalue weighted by atomic mass is 10.2. The summed E-state index contributed by atoms with van der Waals surface area (Å²) in [5, 5.41) is 13.1. The summed E-state index contributed by atoms with van der Waals surface area (Å²) in [4.78, 5) is 16.2. The molecular weight excluding hydrogens is 454 g/mol. The maximum atomic E-state index is 13.4. The van der Waals surface area contributed by atoms with Gasteiger partial charge in [-0.25, -0.2) is 4.39 Å². The summed E-state index contributed by atoms with van der Waals surface area (Å²) in [6.45, 7) is 1.47. The molecule has 1 aromatic heterocycles. The zero-order chi connectivity index (χ0) is 21.8. The summed E-state index contributed by atoms with van der Waals surface area (Å²) in [6, 6.07) is 8.12. The second-order valence-electron chi connectivity index (χ2n) is 6.23. The number of nitrogens with zero attached hydrogens (tertiary/aromatic N) is 1. The van der Waals surface area contributed by atoms with Crippen molar-refractivity contribution in [2.24, 2.45) is 10.7 Å². The number of H-pyrrole nitrogens is 1. The minimum atomic E-state index is -0.492. The Bertz CT molecular complexity index is 1150. The van der Waals surface area contributed by atoms with E-state index in [0.29, 0.717) is 10.7 Å². The van der Waals surface area contributed by atoms with Crippen molar-refractivity contribution < 1.29 is 14.2 Å². The van der Waals surface area contributed by atoms with Gasteiger partial charge in [0.05, 0.1) is 22.7 Å². The van der Waals surface area contributed by atoms with E-state index in [9.17, 15) is 9.18 Å². The van der Waals surface area contributed by atoms with Gasteiger partial charge in [0.15, 0.2) is 0 Å². The van der Waals surface area contributed by atoms with Gasteiger partial charge in [-0.05, 0) is 48.8 Å². The number of aromatic amines is 1. The topological polar surface area (TPSA) is 113 Å². The Morgan fingerprint density at radius 1 is 1.30 bits per heavy atom. The molecule has 1 unspecified atom stereocenters. The van der Waals surface area contributed by atoms with E-state index < -0.39 is 17.4 Å². The number of benzene rings is 2. The fourth-order valence-corrected chi connectivity index (χ4v) is 3.57. The number of aromatic nitrogens is 1. The van der Waals surface area contributed by atoms with E-state index in [4.69, 9.17) is 38.8 Å². The van der Waals surface area contributed by atoms with Crippen molar-refractivity contribution in [3.63, 3.8) is 0 Å². The molecule has 1 heterocycles. The van der Waals surface area contributed by atoms with E-state index in [-0.39, 0.29) is 39.6 Å². The zero-order valence-corrected chi connectivity index (χ0v) is 17.9. The van der Waals surface area contributed by atoms with E-state index in [0.717, 1.165) is 17.6 Å². The fourth-order valence-electron chi connectivity index (χ4n) is 2.43. The van der Waals surface area contributed by atoms with Crippen LogP contribution in [0.5, 0.6) is 11.5 Å². The Balaban J connectivity index is 1.84. The molecule has 0 aliphatic carbocycles. The second-order valence-corrected chi connectivity index (χ2v) is 7.86. The summed E-state index contributed by atoms with van der Waals surface area (Å²) >= 11 is 13.3. The number of amidine groups is 1. The van der Waals surface area contributed by atoms with Gasteiger partial charge >= 0.3 is 0 Å². The predicted octanol–water partition coefficient (Wildman–Crippen LogP) is 4.50. The number of aliphatic imine (C=N–C) groups is 1. The summed E-state index contributed by atoms with van der Waals surface area (Å²) in [5.74, 6) is -0.0794. The number of hydrogen-bond donors (Lipinski definition) is 4. The van der Waals surface area contributed by atoms with E-state index in [2.05, 4.69) is 14.7 Å². The number of aliphatic hydroxyl groups excluding tert-OH is 1. The lowest BCUT2D eigenvalue weighted by Crippen LogP contribution is -2.24. The van der Waals surface area contributed by atoms with Crippen molar-refractivity contribution in [3.8, 4) is 11.5 Å². The molecule has 0 radical (unpaired) electrons. The molecule has 5 N–H and O–H groups in total. The van der Waals surface area contributed by atoms with E-state index in [1.807, 2.05) is 0 Å². The first-order chi connectivity index (χ1) is 14.3. The first-order valence-corrected chi connectivity index (χ1v) is 10.2. The molecule has 0 saturated heterocycles. The van der Waals surface area contributed by atoms with Gasteiger partial charge in [0.25, 0.3) is 5.56 Å². The smallest absolute Gasteiger partial charge is 0.271 e. The highest BCUT2D eigenvalue weighted by Crippen LogP contribution is 2.36. The van der Waals surface area contributed by atoms with Crippen molar-refractivity contribution in [2.75, 3.05) is 11.9 Å². The van der Waals surface area contributed by atoms with Crippen LogP contribution in [-0.4, -0.2) is 28.0 Å². The number of aliphatic hydroxyl groups is 1. The molecule has 30 heavy (non-hydrogen) atoms. The third-order valence-electron chi connectivity index (χ3n) is 3.88. The molecular formula is C19H17Cl2FN4O3S. The quantitative estimate of drug-likeness (QED) is 0.299. The molecule has 0 aliphatic heterocycles. The average molecular weight is 471 g/mol. The minimum Gasteiger partial charge on any atom is -0.454 e. The van der Waals surface area contributed by atoms with Crippen LogP contribution in [0.3, 0.4) is 0 Å². The summed E-state index contributed by atoms with van der Waals surface area (Å²) in [6.07, 6.45) is 0. The Kier molecular flexibility index (Phi) is 6.99. The molecule has 158 valence electrons. The van der Waals surface area contributed by atoms with Crippen molar-refractivity contribution in [2.45, 2.75) is 13.0 Å². The lowest BCUT2D eigenvalue weighted by Gasteiger charge is -2.12. The van der Waals surface area contributed by atoms with Crippen LogP contribution in [-0.2, 0) is 0 Å². The van der Waals surface area contributed by atoms with Gasteiger partial charge in [-0.15, -0.1) is 0 Å². The number of nitrogens with two attached hydrogens (primary N) is 1. The number of nitrogens with one attached hydrogen (secondary N) is 2. The number of hydrogen-bond acceptors (Lipinski definition) is 6. The van der Waals surface area contributed by atoms with Crippen molar-refractivity contribution in [1.82, 2.24) is 4.37 Å². The summed E-state index contributed by atoms with van der Waals surface area (Å²) < 4.78 is 21.6. The highest BCUT2D eigenvalue weighted by molar-refractivity contribution is 7.10. The predicted molar refractivity (Wildman–Crippen MR) is 118 cm³/mol. The Morgan fingerprint density at radius 3 is 2.77 bits per heavy atom. The first kappa shape index (κ1) is 22.1. The third-order valence-corrected chi connectivity index (χ3v) is 5.29. The number of rotatable bonds is 7. The van der Waals surface area contributed by atoms with Gasteiger partial charge in [0.1, 0.15) is 33.7 Å². The third kappa shape index (κ3) is 5.11. The molecule has 0 saturated carbocycles. The van der Waals surface area contributed by atoms with Gasteiger partial charge in [-0.2, -0.15) is 0 Å². The van der Waals surface area contributed by atoms with Crippen LogP contribution in [0.15, 0.2) is 46.2 Å². The highest BCUT2D eigenvalue weighted by Gasteiger charge is 2.16. The van der Waals surface area contributed by atoms with Gasteiger partial charge in [0, 0.05) is 11.8 Å². The van der Waals surface area contributed by atoms with Crippen molar-refractivity contribution in [1.29, 1.82) is 0 Å². The van der Waals surface area contributed by atoms with Crippen LogP contribution in [0.25, 0.3) is 0 Å². The number of halogens is 3.